The number of rotatable bonds is 6. The third-order valence-corrected chi connectivity index (χ3v) is 4.79. The number of hydrogen-bond donors (Lipinski definition) is 1. The number of primary amides is 1. The summed E-state index contributed by atoms with van der Waals surface area (Å²) in [7, 11) is 0. The van der Waals surface area contributed by atoms with E-state index in [1.54, 1.807) is 29.2 Å². The molecule has 3 rings (SSSR count). The average Bonchev–Trinajstić information content (AvgIpc) is 2.68. The van der Waals surface area contributed by atoms with E-state index in [-0.39, 0.29) is 12.5 Å². The summed E-state index contributed by atoms with van der Waals surface area (Å²) >= 11 is 3.50. The van der Waals surface area contributed by atoms with Crippen LogP contribution in [0.5, 0.6) is 5.75 Å². The molecule has 0 saturated carbocycles. The smallest absolute Gasteiger partial charge is 0.252 e. The molecule has 3 aromatic carbocycles. The Morgan fingerprint density at radius 1 is 1.00 bits per heavy atom. The first kappa shape index (κ1) is 19.6. The summed E-state index contributed by atoms with van der Waals surface area (Å²) in [5.41, 5.74) is 8.06. The van der Waals surface area contributed by atoms with Crippen LogP contribution in [0.3, 0.4) is 0 Å². The maximum absolute atomic E-state index is 12.3. The van der Waals surface area contributed by atoms with Crippen molar-refractivity contribution in [2.75, 3.05) is 4.90 Å². The van der Waals surface area contributed by atoms with Crippen molar-refractivity contribution in [2.45, 2.75) is 13.5 Å². The molecular formula is C22H19BrN2O3. The Balaban J connectivity index is 1.87. The highest BCUT2D eigenvalue weighted by Crippen LogP contribution is 2.32. The molecule has 0 spiro atoms. The van der Waals surface area contributed by atoms with Gasteiger partial charge in [-0.3, -0.25) is 14.5 Å². The highest BCUT2D eigenvalue weighted by atomic mass is 79.9. The molecule has 28 heavy (non-hydrogen) atoms. The van der Waals surface area contributed by atoms with Crippen LogP contribution < -0.4 is 15.4 Å². The van der Waals surface area contributed by atoms with Gasteiger partial charge in [0.15, 0.2) is 0 Å². The van der Waals surface area contributed by atoms with Gasteiger partial charge >= 0.3 is 0 Å². The summed E-state index contributed by atoms with van der Waals surface area (Å²) in [6.45, 7) is 1.76. The van der Waals surface area contributed by atoms with E-state index < -0.39 is 5.91 Å². The van der Waals surface area contributed by atoms with Crippen LogP contribution in [-0.2, 0) is 11.4 Å². The van der Waals surface area contributed by atoms with Crippen LogP contribution in [-0.4, -0.2) is 11.8 Å². The van der Waals surface area contributed by atoms with E-state index in [4.69, 9.17) is 10.5 Å². The Hall–Kier alpha value is -3.12. The molecule has 0 aliphatic carbocycles. The molecule has 0 aromatic heterocycles. The topological polar surface area (TPSA) is 72.6 Å². The van der Waals surface area contributed by atoms with E-state index in [2.05, 4.69) is 15.9 Å². The quantitative estimate of drug-likeness (QED) is 0.599. The highest BCUT2D eigenvalue weighted by molar-refractivity contribution is 9.10. The van der Waals surface area contributed by atoms with Crippen molar-refractivity contribution in [1.29, 1.82) is 0 Å². The molecule has 0 aliphatic heterocycles. The SMILES string of the molecule is CC(=O)N(c1cccc(COc2ccccc2C(N)=O)c1)c1ccccc1Br. The van der Waals surface area contributed by atoms with Crippen molar-refractivity contribution in [3.8, 4) is 5.75 Å². The van der Waals surface area contributed by atoms with Gasteiger partial charge in [-0.1, -0.05) is 36.4 Å². The minimum absolute atomic E-state index is 0.107. The second-order valence-corrected chi connectivity index (χ2v) is 6.98. The summed E-state index contributed by atoms with van der Waals surface area (Å²) < 4.78 is 6.62. The molecule has 5 nitrogen and oxygen atoms in total. The molecule has 0 radical (unpaired) electrons. The lowest BCUT2D eigenvalue weighted by Crippen LogP contribution is -2.23. The summed E-state index contributed by atoms with van der Waals surface area (Å²) in [5, 5.41) is 0. The number of amides is 2. The Morgan fingerprint density at radius 2 is 1.71 bits per heavy atom. The third kappa shape index (κ3) is 4.40. The van der Waals surface area contributed by atoms with Crippen LogP contribution in [0.4, 0.5) is 11.4 Å². The third-order valence-electron chi connectivity index (χ3n) is 4.12. The maximum atomic E-state index is 12.3. The Kier molecular flexibility index (Phi) is 6.11. The fraction of sp³-hybridized carbons (Fsp3) is 0.0909. The zero-order chi connectivity index (χ0) is 20.1. The Morgan fingerprint density at radius 3 is 2.43 bits per heavy atom. The van der Waals surface area contributed by atoms with E-state index >= 15 is 0 Å². The van der Waals surface area contributed by atoms with Gasteiger partial charge in [-0.05, 0) is 57.9 Å². The highest BCUT2D eigenvalue weighted by Gasteiger charge is 2.17. The Labute approximate surface area is 171 Å². The normalized spacial score (nSPS) is 10.4. The Bertz CT molecular complexity index is 1020. The number of carbonyl (C=O) groups is 2. The summed E-state index contributed by atoms with van der Waals surface area (Å²) in [6, 6.07) is 21.9. The molecule has 0 saturated heterocycles. The van der Waals surface area contributed by atoms with E-state index in [9.17, 15) is 9.59 Å². The number of benzene rings is 3. The molecule has 0 aliphatic rings. The molecule has 2 amide bonds. The van der Waals surface area contributed by atoms with Gasteiger partial charge in [-0.2, -0.15) is 0 Å². The molecule has 0 bridgehead atoms. The van der Waals surface area contributed by atoms with Crippen molar-refractivity contribution in [3.05, 3.63) is 88.4 Å². The van der Waals surface area contributed by atoms with Crippen LogP contribution in [0, 0.1) is 0 Å². The van der Waals surface area contributed by atoms with Gasteiger partial charge in [0.25, 0.3) is 5.91 Å². The molecule has 0 fully saturated rings. The van der Waals surface area contributed by atoms with Crippen molar-refractivity contribution in [2.24, 2.45) is 5.73 Å². The lowest BCUT2D eigenvalue weighted by atomic mass is 10.1. The molecule has 0 unspecified atom stereocenters. The number of halogens is 1. The van der Waals surface area contributed by atoms with E-state index in [0.717, 1.165) is 21.4 Å². The number of hydrogen-bond acceptors (Lipinski definition) is 3. The first-order chi connectivity index (χ1) is 13.5. The molecule has 3 aromatic rings. The molecule has 0 heterocycles. The molecule has 6 heteroatoms. The fourth-order valence-electron chi connectivity index (χ4n) is 2.87. The van der Waals surface area contributed by atoms with Crippen LogP contribution in [0.2, 0.25) is 0 Å². The average molecular weight is 439 g/mol. The van der Waals surface area contributed by atoms with Crippen molar-refractivity contribution >= 4 is 39.1 Å². The largest absolute Gasteiger partial charge is 0.488 e. The minimum atomic E-state index is -0.541. The minimum Gasteiger partial charge on any atom is -0.488 e. The molecular weight excluding hydrogens is 420 g/mol. The predicted octanol–water partition coefficient (Wildman–Crippen LogP) is 4.81. The zero-order valence-electron chi connectivity index (χ0n) is 15.3. The lowest BCUT2D eigenvalue weighted by Gasteiger charge is -2.23. The number of nitrogens with two attached hydrogens (primary N) is 1. The van der Waals surface area contributed by atoms with Gasteiger partial charge in [-0.25, -0.2) is 0 Å². The number of para-hydroxylation sites is 2. The first-order valence-electron chi connectivity index (χ1n) is 8.63. The van der Waals surface area contributed by atoms with Crippen molar-refractivity contribution in [3.63, 3.8) is 0 Å². The monoisotopic (exact) mass is 438 g/mol. The number of carbonyl (C=O) groups excluding carboxylic acids is 2. The summed E-state index contributed by atoms with van der Waals surface area (Å²) in [5.74, 6) is -0.222. The lowest BCUT2D eigenvalue weighted by molar-refractivity contribution is -0.115. The van der Waals surface area contributed by atoms with Crippen LogP contribution in [0.15, 0.2) is 77.3 Å². The van der Waals surface area contributed by atoms with E-state index in [1.165, 1.54) is 6.92 Å². The number of ether oxygens (including phenoxy) is 1. The molecule has 0 atom stereocenters. The van der Waals surface area contributed by atoms with Crippen LogP contribution in [0.25, 0.3) is 0 Å². The summed E-state index contributed by atoms with van der Waals surface area (Å²) in [4.78, 5) is 25.5. The van der Waals surface area contributed by atoms with Gasteiger partial charge in [0.1, 0.15) is 12.4 Å². The van der Waals surface area contributed by atoms with Crippen LogP contribution in [0.1, 0.15) is 22.8 Å². The van der Waals surface area contributed by atoms with Gasteiger partial charge in [0, 0.05) is 17.1 Å². The van der Waals surface area contributed by atoms with Crippen molar-refractivity contribution < 1.29 is 14.3 Å². The molecule has 2 N–H and O–H groups in total. The van der Waals surface area contributed by atoms with Gasteiger partial charge < -0.3 is 10.5 Å². The van der Waals surface area contributed by atoms with Gasteiger partial charge in [0.05, 0.1) is 11.3 Å². The van der Waals surface area contributed by atoms with Crippen molar-refractivity contribution in [1.82, 2.24) is 0 Å². The fourth-order valence-corrected chi connectivity index (χ4v) is 3.33. The predicted molar refractivity (Wildman–Crippen MR) is 113 cm³/mol. The zero-order valence-corrected chi connectivity index (χ0v) is 16.8. The standard InChI is InChI=1S/C22H19BrN2O3/c1-15(26)25(20-11-4-3-10-19(20)23)17-8-6-7-16(13-17)14-28-21-12-5-2-9-18(21)22(24)27/h2-13H,14H2,1H3,(H2,24,27). The molecule has 142 valence electrons. The van der Waals surface area contributed by atoms with Gasteiger partial charge in [-0.15, -0.1) is 0 Å². The first-order valence-corrected chi connectivity index (χ1v) is 9.42. The summed E-state index contributed by atoms with van der Waals surface area (Å²) in [6.07, 6.45) is 0. The second-order valence-electron chi connectivity index (χ2n) is 6.12. The maximum Gasteiger partial charge on any atom is 0.252 e. The second kappa shape index (κ2) is 8.71. The van der Waals surface area contributed by atoms with Gasteiger partial charge in [0.2, 0.25) is 5.91 Å². The van der Waals surface area contributed by atoms with E-state index in [1.807, 2.05) is 48.5 Å². The number of nitrogens with zero attached hydrogens (tertiary/aromatic N) is 1. The van der Waals surface area contributed by atoms with Crippen LogP contribution >= 0.6 is 15.9 Å². The van der Waals surface area contributed by atoms with E-state index in [0.29, 0.717) is 11.3 Å². The number of anilines is 2.